The van der Waals surface area contributed by atoms with E-state index in [-0.39, 0.29) is 12.5 Å². The third kappa shape index (κ3) is 1.87. The van der Waals surface area contributed by atoms with Crippen molar-refractivity contribution in [3.8, 4) is 0 Å². The van der Waals surface area contributed by atoms with Gasteiger partial charge in [-0.05, 0) is 24.6 Å². The molecule has 0 saturated carbocycles. The number of rotatable bonds is 3. The highest BCUT2D eigenvalue weighted by Gasteiger charge is 2.50. The first-order chi connectivity index (χ1) is 9.61. The summed E-state index contributed by atoms with van der Waals surface area (Å²) in [5.41, 5.74) is -0.227. The first-order valence-electron chi connectivity index (χ1n) is 6.33. The summed E-state index contributed by atoms with van der Waals surface area (Å²) in [4.78, 5) is 25.8. The van der Waals surface area contributed by atoms with Gasteiger partial charge in [0, 0.05) is 0 Å². The fraction of sp³-hybridized carbons (Fsp3) is 0.200. The third-order valence-electron chi connectivity index (χ3n) is 3.47. The van der Waals surface area contributed by atoms with E-state index in [0.29, 0.717) is 5.76 Å². The molecule has 1 aromatic heterocycles. The minimum absolute atomic E-state index is 0.252. The minimum atomic E-state index is -1.13. The van der Waals surface area contributed by atoms with Gasteiger partial charge in [0.05, 0.1) is 12.8 Å². The molecule has 5 nitrogen and oxygen atoms in total. The number of benzene rings is 1. The largest absolute Gasteiger partial charge is 0.466 e. The Morgan fingerprint density at radius 3 is 2.55 bits per heavy atom. The molecule has 1 aliphatic heterocycles. The molecule has 1 atom stereocenters. The van der Waals surface area contributed by atoms with Gasteiger partial charge in [-0.15, -0.1) is 0 Å². The van der Waals surface area contributed by atoms with E-state index in [1.54, 1.807) is 19.1 Å². The zero-order chi connectivity index (χ0) is 14.2. The van der Waals surface area contributed by atoms with Gasteiger partial charge < -0.3 is 9.73 Å². The molecule has 3 amide bonds. The number of urea groups is 1. The van der Waals surface area contributed by atoms with Crippen molar-refractivity contribution in [2.24, 2.45) is 0 Å². The molecule has 2 aromatic rings. The van der Waals surface area contributed by atoms with Crippen molar-refractivity contribution in [1.82, 2.24) is 10.2 Å². The second-order valence-corrected chi connectivity index (χ2v) is 4.91. The summed E-state index contributed by atoms with van der Waals surface area (Å²) in [5, 5.41) is 2.70. The van der Waals surface area contributed by atoms with Crippen molar-refractivity contribution in [1.29, 1.82) is 0 Å². The molecule has 0 aliphatic carbocycles. The van der Waals surface area contributed by atoms with Crippen LogP contribution in [0.5, 0.6) is 0 Å². The number of carbonyl (C=O) groups excluding carboxylic acids is 2. The summed E-state index contributed by atoms with van der Waals surface area (Å²) in [6.07, 6.45) is 1.49. The molecular weight excluding hydrogens is 256 g/mol. The van der Waals surface area contributed by atoms with Crippen LogP contribution in [-0.4, -0.2) is 16.8 Å². The van der Waals surface area contributed by atoms with Gasteiger partial charge in [0.1, 0.15) is 5.76 Å². The number of imide groups is 1. The maximum absolute atomic E-state index is 12.5. The van der Waals surface area contributed by atoms with Gasteiger partial charge in [0.2, 0.25) is 0 Å². The van der Waals surface area contributed by atoms with Crippen molar-refractivity contribution in [2.75, 3.05) is 0 Å². The van der Waals surface area contributed by atoms with Crippen LogP contribution in [0.15, 0.2) is 53.1 Å². The summed E-state index contributed by atoms with van der Waals surface area (Å²) in [7, 11) is 0. The number of carbonyl (C=O) groups is 2. The van der Waals surface area contributed by atoms with Crippen LogP contribution < -0.4 is 5.32 Å². The quantitative estimate of drug-likeness (QED) is 0.870. The van der Waals surface area contributed by atoms with E-state index in [0.717, 1.165) is 5.56 Å². The Morgan fingerprint density at radius 2 is 1.90 bits per heavy atom. The summed E-state index contributed by atoms with van der Waals surface area (Å²) in [6.45, 7) is 1.90. The fourth-order valence-electron chi connectivity index (χ4n) is 2.34. The predicted molar refractivity (Wildman–Crippen MR) is 71.6 cm³/mol. The number of hydrogen-bond acceptors (Lipinski definition) is 3. The molecule has 0 radical (unpaired) electrons. The van der Waals surface area contributed by atoms with Crippen LogP contribution in [0.1, 0.15) is 18.2 Å². The van der Waals surface area contributed by atoms with Crippen molar-refractivity contribution < 1.29 is 14.0 Å². The van der Waals surface area contributed by atoms with Crippen molar-refractivity contribution in [3.05, 3.63) is 60.1 Å². The Labute approximate surface area is 116 Å². The number of nitrogens with zero attached hydrogens (tertiary/aromatic N) is 1. The number of amides is 3. The van der Waals surface area contributed by atoms with Crippen molar-refractivity contribution in [3.63, 3.8) is 0 Å². The van der Waals surface area contributed by atoms with Gasteiger partial charge >= 0.3 is 6.03 Å². The number of hydrogen-bond donors (Lipinski definition) is 1. The molecule has 0 spiro atoms. The fourth-order valence-corrected chi connectivity index (χ4v) is 2.34. The second kappa shape index (κ2) is 4.52. The molecule has 102 valence electrons. The van der Waals surface area contributed by atoms with Crippen LogP contribution in [0.4, 0.5) is 4.79 Å². The van der Waals surface area contributed by atoms with Crippen LogP contribution >= 0.6 is 0 Å². The molecule has 5 heteroatoms. The molecule has 20 heavy (non-hydrogen) atoms. The average Bonchev–Trinajstić information content (AvgIpc) is 3.05. The maximum atomic E-state index is 12.5. The summed E-state index contributed by atoms with van der Waals surface area (Å²) < 4.78 is 5.28. The molecule has 0 bridgehead atoms. The van der Waals surface area contributed by atoms with Gasteiger partial charge in [-0.2, -0.15) is 0 Å². The smallest absolute Gasteiger partial charge is 0.325 e. The van der Waals surface area contributed by atoms with E-state index in [9.17, 15) is 9.59 Å². The van der Waals surface area contributed by atoms with E-state index in [1.807, 2.05) is 30.3 Å². The summed E-state index contributed by atoms with van der Waals surface area (Å²) in [6, 6.07) is 12.4. The second-order valence-electron chi connectivity index (χ2n) is 4.91. The molecule has 1 N–H and O–H groups in total. The zero-order valence-electron chi connectivity index (χ0n) is 11.0. The van der Waals surface area contributed by atoms with Crippen LogP contribution in [-0.2, 0) is 16.9 Å². The lowest BCUT2D eigenvalue weighted by Gasteiger charge is -2.19. The molecule has 3 rings (SSSR count). The molecular formula is C15H14N2O3. The molecule has 1 aliphatic rings. The highest BCUT2D eigenvalue weighted by Crippen LogP contribution is 2.29. The molecule has 1 fully saturated rings. The van der Waals surface area contributed by atoms with E-state index < -0.39 is 11.6 Å². The van der Waals surface area contributed by atoms with Gasteiger partial charge in [0.15, 0.2) is 5.54 Å². The van der Waals surface area contributed by atoms with Crippen LogP contribution in [0, 0.1) is 0 Å². The lowest BCUT2D eigenvalue weighted by atomic mass is 9.99. The Hall–Kier alpha value is -2.56. The maximum Gasteiger partial charge on any atom is 0.325 e. The molecule has 1 aromatic carbocycles. The van der Waals surface area contributed by atoms with Gasteiger partial charge in [-0.1, -0.05) is 30.3 Å². The van der Waals surface area contributed by atoms with Crippen molar-refractivity contribution >= 4 is 11.9 Å². The number of furan rings is 1. The minimum Gasteiger partial charge on any atom is -0.466 e. The molecule has 2 heterocycles. The Kier molecular flexibility index (Phi) is 2.82. The monoisotopic (exact) mass is 270 g/mol. The lowest BCUT2D eigenvalue weighted by molar-refractivity contribution is -0.132. The zero-order valence-corrected chi connectivity index (χ0v) is 11.0. The van der Waals surface area contributed by atoms with E-state index in [2.05, 4.69) is 5.32 Å². The van der Waals surface area contributed by atoms with Gasteiger partial charge in [0.25, 0.3) is 5.91 Å². The molecule has 1 saturated heterocycles. The average molecular weight is 270 g/mol. The highest BCUT2D eigenvalue weighted by molar-refractivity contribution is 6.06. The highest BCUT2D eigenvalue weighted by atomic mass is 16.3. The first kappa shape index (κ1) is 12.5. The third-order valence-corrected chi connectivity index (χ3v) is 3.47. The SMILES string of the molecule is C[C@]1(c2ccco2)NC(=O)N(Cc2ccccc2)C1=O. The Balaban J connectivity index is 1.88. The summed E-state index contributed by atoms with van der Waals surface area (Å²) in [5.74, 6) is 0.132. The lowest BCUT2D eigenvalue weighted by Crippen LogP contribution is -2.40. The first-order valence-corrected chi connectivity index (χ1v) is 6.33. The van der Waals surface area contributed by atoms with Gasteiger partial charge in [-0.25, -0.2) is 4.79 Å². The van der Waals surface area contributed by atoms with E-state index in [4.69, 9.17) is 4.42 Å². The van der Waals surface area contributed by atoms with Crippen molar-refractivity contribution in [2.45, 2.75) is 19.0 Å². The number of nitrogens with one attached hydrogen (secondary N) is 1. The van der Waals surface area contributed by atoms with Crippen LogP contribution in [0.2, 0.25) is 0 Å². The topological polar surface area (TPSA) is 62.6 Å². The Morgan fingerprint density at radius 1 is 1.15 bits per heavy atom. The van der Waals surface area contributed by atoms with Crippen LogP contribution in [0.3, 0.4) is 0 Å². The standard InChI is InChI=1S/C15H14N2O3/c1-15(12-8-5-9-20-12)13(18)17(14(19)16-15)10-11-6-3-2-4-7-11/h2-9H,10H2,1H3,(H,16,19)/t15-/m1/s1. The normalized spacial score (nSPS) is 22.1. The predicted octanol–water partition coefficient (Wildman–Crippen LogP) is 2.25. The van der Waals surface area contributed by atoms with E-state index in [1.165, 1.54) is 11.2 Å². The molecule has 0 unspecified atom stereocenters. The Bertz CT molecular complexity index is 636. The van der Waals surface area contributed by atoms with Gasteiger partial charge in [-0.3, -0.25) is 9.69 Å². The van der Waals surface area contributed by atoms with Crippen LogP contribution in [0.25, 0.3) is 0 Å². The summed E-state index contributed by atoms with van der Waals surface area (Å²) >= 11 is 0. The van der Waals surface area contributed by atoms with E-state index >= 15 is 0 Å².